The minimum atomic E-state index is -0.117. The Balaban J connectivity index is 1.68. The van der Waals surface area contributed by atoms with Crippen LogP contribution in [0.1, 0.15) is 40.0 Å². The fourth-order valence-electron chi connectivity index (χ4n) is 1.83. The Hall–Kier alpha value is -0.380. The summed E-state index contributed by atoms with van der Waals surface area (Å²) in [5.74, 6) is 0. The monoisotopic (exact) mass is 211 g/mol. The third-order valence-corrected chi connectivity index (χ3v) is 2.59. The molecule has 3 heteroatoms. The lowest BCUT2D eigenvalue weighted by atomic mass is 10.0. The minimum absolute atomic E-state index is 0.0455. The Labute approximate surface area is 91.8 Å². The number of rotatable bonds is 3. The second-order valence-electron chi connectivity index (χ2n) is 5.30. The highest BCUT2D eigenvalue weighted by Crippen LogP contribution is 2.27. The SMILES string of the molecule is CC(C)(C)OC1OC1N[C@H]1CC=CCC1. The van der Waals surface area contributed by atoms with Crippen molar-refractivity contribution < 1.29 is 9.47 Å². The van der Waals surface area contributed by atoms with Gasteiger partial charge in [0, 0.05) is 6.04 Å². The number of ether oxygens (including phenoxy) is 2. The second kappa shape index (κ2) is 4.24. The zero-order chi connectivity index (χ0) is 10.9. The Morgan fingerprint density at radius 1 is 1.33 bits per heavy atom. The van der Waals surface area contributed by atoms with Gasteiger partial charge in [0.25, 0.3) is 0 Å². The summed E-state index contributed by atoms with van der Waals surface area (Å²) in [5, 5.41) is 3.47. The van der Waals surface area contributed by atoms with Gasteiger partial charge >= 0.3 is 0 Å². The molecule has 2 rings (SSSR count). The van der Waals surface area contributed by atoms with Gasteiger partial charge in [-0.1, -0.05) is 12.2 Å². The van der Waals surface area contributed by atoms with E-state index in [1.165, 1.54) is 12.8 Å². The van der Waals surface area contributed by atoms with Gasteiger partial charge in [-0.25, -0.2) is 0 Å². The third kappa shape index (κ3) is 3.59. The van der Waals surface area contributed by atoms with Crippen molar-refractivity contribution in [2.75, 3.05) is 0 Å². The van der Waals surface area contributed by atoms with Crippen LogP contribution in [0.15, 0.2) is 12.2 Å². The van der Waals surface area contributed by atoms with Crippen molar-refractivity contribution in [3.63, 3.8) is 0 Å². The van der Waals surface area contributed by atoms with E-state index in [1.54, 1.807) is 0 Å². The van der Waals surface area contributed by atoms with E-state index in [-0.39, 0.29) is 18.1 Å². The fraction of sp³-hybridized carbons (Fsp3) is 0.833. The molecule has 1 heterocycles. The van der Waals surface area contributed by atoms with Crippen molar-refractivity contribution in [3.05, 3.63) is 12.2 Å². The Morgan fingerprint density at radius 3 is 2.73 bits per heavy atom. The van der Waals surface area contributed by atoms with Gasteiger partial charge in [0.2, 0.25) is 0 Å². The number of epoxide rings is 1. The molecule has 1 N–H and O–H groups in total. The number of hydrogen-bond acceptors (Lipinski definition) is 3. The van der Waals surface area contributed by atoms with Crippen molar-refractivity contribution in [3.8, 4) is 0 Å². The molecule has 3 nitrogen and oxygen atoms in total. The molecule has 1 fully saturated rings. The normalized spacial score (nSPS) is 35.5. The van der Waals surface area contributed by atoms with Crippen LogP contribution in [0.2, 0.25) is 0 Å². The molecule has 0 bridgehead atoms. The van der Waals surface area contributed by atoms with Gasteiger partial charge in [-0.3, -0.25) is 5.32 Å². The summed E-state index contributed by atoms with van der Waals surface area (Å²) < 4.78 is 11.1. The molecule has 1 saturated heterocycles. The van der Waals surface area contributed by atoms with Gasteiger partial charge in [-0.05, 0) is 40.0 Å². The first kappa shape index (κ1) is 11.1. The maximum atomic E-state index is 5.70. The minimum Gasteiger partial charge on any atom is -0.343 e. The molecular weight excluding hydrogens is 190 g/mol. The fourth-order valence-corrected chi connectivity index (χ4v) is 1.83. The van der Waals surface area contributed by atoms with Crippen molar-refractivity contribution in [1.29, 1.82) is 0 Å². The van der Waals surface area contributed by atoms with Crippen molar-refractivity contribution in [1.82, 2.24) is 5.32 Å². The Morgan fingerprint density at radius 2 is 2.13 bits per heavy atom. The van der Waals surface area contributed by atoms with E-state index in [1.807, 2.05) is 0 Å². The topological polar surface area (TPSA) is 33.8 Å². The largest absolute Gasteiger partial charge is 0.343 e. The molecule has 2 aliphatic rings. The van der Waals surface area contributed by atoms with Crippen LogP contribution >= 0.6 is 0 Å². The molecule has 86 valence electrons. The maximum Gasteiger partial charge on any atom is 0.200 e. The lowest BCUT2D eigenvalue weighted by molar-refractivity contribution is -0.0571. The second-order valence-corrected chi connectivity index (χ2v) is 5.30. The van der Waals surface area contributed by atoms with Crippen molar-refractivity contribution in [2.24, 2.45) is 0 Å². The van der Waals surface area contributed by atoms with Gasteiger partial charge < -0.3 is 9.47 Å². The quantitative estimate of drug-likeness (QED) is 0.574. The molecule has 0 aromatic rings. The molecule has 0 saturated carbocycles. The Bertz CT molecular complexity index is 244. The zero-order valence-corrected chi connectivity index (χ0v) is 9.82. The van der Waals surface area contributed by atoms with Crippen LogP contribution in [-0.4, -0.2) is 24.2 Å². The van der Waals surface area contributed by atoms with Crippen LogP contribution < -0.4 is 5.32 Å². The molecule has 3 atom stereocenters. The predicted molar refractivity (Wildman–Crippen MR) is 59.4 cm³/mol. The molecule has 1 aliphatic heterocycles. The van der Waals surface area contributed by atoms with Crippen LogP contribution in [-0.2, 0) is 9.47 Å². The van der Waals surface area contributed by atoms with Gasteiger partial charge in [0.15, 0.2) is 12.5 Å². The lowest BCUT2D eigenvalue weighted by Crippen LogP contribution is -2.34. The van der Waals surface area contributed by atoms with Crippen molar-refractivity contribution in [2.45, 2.75) is 64.2 Å². The maximum absolute atomic E-state index is 5.70. The lowest BCUT2D eigenvalue weighted by Gasteiger charge is -2.20. The number of nitrogens with one attached hydrogen (secondary N) is 1. The summed E-state index contributed by atoms with van der Waals surface area (Å²) in [7, 11) is 0. The van der Waals surface area contributed by atoms with Crippen LogP contribution in [0.25, 0.3) is 0 Å². The number of hydrogen-bond donors (Lipinski definition) is 1. The summed E-state index contributed by atoms with van der Waals surface area (Å²) in [6, 6.07) is 0.563. The summed E-state index contributed by atoms with van der Waals surface area (Å²) in [6.45, 7) is 6.15. The predicted octanol–water partition coefficient (Wildman–Crippen LogP) is 2.18. The summed E-state index contributed by atoms with van der Waals surface area (Å²) >= 11 is 0. The van der Waals surface area contributed by atoms with E-state index in [9.17, 15) is 0 Å². The first-order chi connectivity index (χ1) is 7.04. The smallest absolute Gasteiger partial charge is 0.200 e. The van der Waals surface area contributed by atoms with E-state index < -0.39 is 0 Å². The van der Waals surface area contributed by atoms with Gasteiger partial charge in [-0.2, -0.15) is 0 Å². The molecule has 0 aromatic carbocycles. The first-order valence-corrected chi connectivity index (χ1v) is 5.79. The van der Waals surface area contributed by atoms with E-state index in [2.05, 4.69) is 38.2 Å². The molecule has 1 aliphatic carbocycles. The molecule has 0 aromatic heterocycles. The van der Waals surface area contributed by atoms with Crippen LogP contribution in [0, 0.1) is 0 Å². The van der Waals surface area contributed by atoms with E-state index in [4.69, 9.17) is 9.47 Å². The summed E-state index contributed by atoms with van der Waals surface area (Å²) in [4.78, 5) is 0. The standard InChI is InChI=1S/C12H21NO2/c1-12(2,3)15-11-10(14-11)13-9-7-5-4-6-8-9/h4-5,9-11,13H,6-8H2,1-3H3/t9-,10?,11?/m0/s1. The highest BCUT2D eigenvalue weighted by atomic mass is 16.8. The highest BCUT2D eigenvalue weighted by Gasteiger charge is 2.43. The van der Waals surface area contributed by atoms with E-state index in [0.717, 1.165) is 6.42 Å². The van der Waals surface area contributed by atoms with Crippen molar-refractivity contribution >= 4 is 0 Å². The summed E-state index contributed by atoms with van der Waals surface area (Å²) in [6.07, 6.45) is 8.05. The zero-order valence-electron chi connectivity index (χ0n) is 9.82. The van der Waals surface area contributed by atoms with Crippen LogP contribution in [0.5, 0.6) is 0 Å². The molecule has 2 unspecified atom stereocenters. The van der Waals surface area contributed by atoms with Gasteiger partial charge in [0.1, 0.15) is 0 Å². The molecule has 15 heavy (non-hydrogen) atoms. The molecular formula is C12H21NO2. The average molecular weight is 211 g/mol. The van der Waals surface area contributed by atoms with E-state index >= 15 is 0 Å². The van der Waals surface area contributed by atoms with E-state index in [0.29, 0.717) is 6.04 Å². The van der Waals surface area contributed by atoms with Gasteiger partial charge in [-0.15, -0.1) is 0 Å². The van der Waals surface area contributed by atoms with Crippen LogP contribution in [0.3, 0.4) is 0 Å². The first-order valence-electron chi connectivity index (χ1n) is 5.79. The van der Waals surface area contributed by atoms with Crippen LogP contribution in [0.4, 0.5) is 0 Å². The summed E-state index contributed by atoms with van der Waals surface area (Å²) in [5.41, 5.74) is -0.117. The molecule has 0 amide bonds. The molecule has 0 spiro atoms. The highest BCUT2D eigenvalue weighted by molar-refractivity contribution is 4.94. The average Bonchev–Trinajstić information content (AvgIpc) is 2.82. The molecule has 0 radical (unpaired) electrons. The number of allylic oxidation sites excluding steroid dienone is 1. The van der Waals surface area contributed by atoms with Gasteiger partial charge in [0.05, 0.1) is 5.60 Å². The Kier molecular flexibility index (Phi) is 3.14. The third-order valence-electron chi connectivity index (χ3n) is 2.59.